The minimum absolute atomic E-state index is 0.327. The number of aryl methyl sites for hydroxylation is 1. The quantitative estimate of drug-likeness (QED) is 0.551. The fraction of sp³-hybridized carbons (Fsp3) is 0.286. The molecular weight excluding hydrogens is 172 g/mol. The summed E-state index contributed by atoms with van der Waals surface area (Å²) in [4.78, 5) is 21.3. The number of aromatic amines is 1. The lowest BCUT2D eigenvalue weighted by atomic mass is 10.4. The van der Waals surface area contributed by atoms with Crippen molar-refractivity contribution < 1.29 is 9.59 Å². The highest BCUT2D eigenvalue weighted by atomic mass is 16.2. The maximum Gasteiger partial charge on any atom is 0.235 e. The third kappa shape index (κ3) is 2.94. The summed E-state index contributed by atoms with van der Waals surface area (Å²) in [7, 11) is 0. The van der Waals surface area contributed by atoms with Crippen LogP contribution in [0, 0.1) is 6.92 Å². The van der Waals surface area contributed by atoms with E-state index < -0.39 is 11.8 Å². The summed E-state index contributed by atoms with van der Waals surface area (Å²) < 4.78 is 0. The molecule has 0 bridgehead atoms. The van der Waals surface area contributed by atoms with E-state index in [0.717, 1.165) is 5.69 Å². The summed E-state index contributed by atoms with van der Waals surface area (Å²) in [6.45, 7) is 1.80. The summed E-state index contributed by atoms with van der Waals surface area (Å²) in [6.07, 6.45) is -0.327. The number of rotatable bonds is 3. The van der Waals surface area contributed by atoms with E-state index in [-0.39, 0.29) is 6.42 Å². The van der Waals surface area contributed by atoms with Crippen molar-refractivity contribution >= 4 is 17.6 Å². The summed E-state index contributed by atoms with van der Waals surface area (Å²) in [6, 6.07) is 1.65. The van der Waals surface area contributed by atoms with Crippen LogP contribution in [0.1, 0.15) is 12.1 Å². The van der Waals surface area contributed by atoms with Crippen LogP contribution in [0.4, 0.5) is 5.82 Å². The first-order chi connectivity index (χ1) is 6.08. The predicted octanol–water partition coefficient (Wildman–Crippen LogP) is -0.468. The molecule has 4 N–H and O–H groups in total. The number of hydrogen-bond donors (Lipinski definition) is 3. The molecule has 0 saturated carbocycles. The predicted molar refractivity (Wildman–Crippen MR) is 45.8 cm³/mol. The molecule has 2 amide bonds. The van der Waals surface area contributed by atoms with Crippen molar-refractivity contribution in [3.05, 3.63) is 11.8 Å². The maximum atomic E-state index is 11.0. The van der Waals surface area contributed by atoms with Gasteiger partial charge >= 0.3 is 0 Å². The van der Waals surface area contributed by atoms with Gasteiger partial charge in [0.1, 0.15) is 6.42 Å². The molecule has 6 nitrogen and oxygen atoms in total. The molecule has 13 heavy (non-hydrogen) atoms. The number of nitrogens with zero attached hydrogens (tertiary/aromatic N) is 1. The first-order valence-corrected chi connectivity index (χ1v) is 3.68. The third-order valence-corrected chi connectivity index (χ3v) is 1.31. The molecule has 6 heteroatoms. The summed E-state index contributed by atoms with van der Waals surface area (Å²) >= 11 is 0. The van der Waals surface area contributed by atoms with Gasteiger partial charge in [0.15, 0.2) is 5.82 Å². The Labute approximate surface area is 74.5 Å². The van der Waals surface area contributed by atoms with Crippen LogP contribution in [0.2, 0.25) is 0 Å². The first-order valence-electron chi connectivity index (χ1n) is 3.68. The Bertz CT molecular complexity index is 331. The van der Waals surface area contributed by atoms with E-state index in [0.29, 0.717) is 5.82 Å². The monoisotopic (exact) mass is 182 g/mol. The van der Waals surface area contributed by atoms with Crippen LogP contribution in [0.25, 0.3) is 0 Å². The van der Waals surface area contributed by atoms with Crippen molar-refractivity contribution in [1.82, 2.24) is 10.2 Å². The van der Waals surface area contributed by atoms with Crippen LogP contribution in [0.3, 0.4) is 0 Å². The van der Waals surface area contributed by atoms with Gasteiger partial charge in [-0.05, 0) is 6.92 Å². The van der Waals surface area contributed by atoms with Gasteiger partial charge in [-0.15, -0.1) is 0 Å². The molecular formula is C7H10N4O2. The number of amides is 2. The number of primary amides is 1. The zero-order valence-electron chi connectivity index (χ0n) is 7.13. The second kappa shape index (κ2) is 3.70. The van der Waals surface area contributed by atoms with Crippen LogP contribution < -0.4 is 11.1 Å². The molecule has 0 spiro atoms. The molecule has 0 aliphatic heterocycles. The number of hydrogen-bond acceptors (Lipinski definition) is 3. The van der Waals surface area contributed by atoms with Crippen LogP contribution in [-0.2, 0) is 9.59 Å². The van der Waals surface area contributed by atoms with Crippen molar-refractivity contribution in [2.24, 2.45) is 5.73 Å². The Hall–Kier alpha value is -1.85. The van der Waals surface area contributed by atoms with Crippen LogP contribution in [0.5, 0.6) is 0 Å². The highest BCUT2D eigenvalue weighted by molar-refractivity contribution is 6.02. The Morgan fingerprint density at radius 1 is 1.69 bits per heavy atom. The third-order valence-electron chi connectivity index (χ3n) is 1.31. The second-order valence-electron chi connectivity index (χ2n) is 2.63. The number of carbonyl (C=O) groups excluding carboxylic acids is 2. The van der Waals surface area contributed by atoms with E-state index in [1.165, 1.54) is 0 Å². The van der Waals surface area contributed by atoms with Crippen molar-refractivity contribution in [2.45, 2.75) is 13.3 Å². The smallest absolute Gasteiger partial charge is 0.235 e. The van der Waals surface area contributed by atoms with E-state index in [2.05, 4.69) is 15.5 Å². The lowest BCUT2D eigenvalue weighted by molar-refractivity contribution is -0.124. The SMILES string of the molecule is Cc1cc(NC(=O)CC(N)=O)n[nH]1. The Kier molecular flexibility index (Phi) is 2.63. The average molecular weight is 182 g/mol. The van der Waals surface area contributed by atoms with Crippen LogP contribution in [0.15, 0.2) is 6.07 Å². The lowest BCUT2D eigenvalue weighted by Crippen LogP contribution is -2.21. The van der Waals surface area contributed by atoms with E-state index in [4.69, 9.17) is 5.73 Å². The number of anilines is 1. The number of nitrogens with two attached hydrogens (primary N) is 1. The lowest BCUT2D eigenvalue weighted by Gasteiger charge is -1.97. The molecule has 1 aromatic heterocycles. The Morgan fingerprint density at radius 2 is 2.38 bits per heavy atom. The van der Waals surface area contributed by atoms with Gasteiger partial charge in [-0.25, -0.2) is 0 Å². The van der Waals surface area contributed by atoms with Crippen LogP contribution in [-0.4, -0.2) is 22.0 Å². The van der Waals surface area contributed by atoms with Gasteiger partial charge in [0.25, 0.3) is 0 Å². The second-order valence-corrected chi connectivity index (χ2v) is 2.63. The molecule has 0 atom stereocenters. The van der Waals surface area contributed by atoms with Crippen molar-refractivity contribution in [3.8, 4) is 0 Å². The maximum absolute atomic E-state index is 11.0. The largest absolute Gasteiger partial charge is 0.369 e. The van der Waals surface area contributed by atoms with Gasteiger partial charge in [-0.1, -0.05) is 0 Å². The molecule has 0 radical (unpaired) electrons. The summed E-state index contributed by atoms with van der Waals surface area (Å²) in [5, 5.41) is 8.81. The van der Waals surface area contributed by atoms with Gasteiger partial charge in [-0.3, -0.25) is 14.7 Å². The Morgan fingerprint density at radius 3 is 2.85 bits per heavy atom. The molecule has 0 unspecified atom stereocenters. The minimum Gasteiger partial charge on any atom is -0.369 e. The molecule has 0 aliphatic carbocycles. The van der Waals surface area contributed by atoms with E-state index >= 15 is 0 Å². The van der Waals surface area contributed by atoms with Gasteiger partial charge in [0.05, 0.1) is 0 Å². The van der Waals surface area contributed by atoms with Crippen molar-refractivity contribution in [1.29, 1.82) is 0 Å². The fourth-order valence-corrected chi connectivity index (χ4v) is 0.827. The molecule has 1 rings (SSSR count). The summed E-state index contributed by atoms with van der Waals surface area (Å²) in [5.41, 5.74) is 5.65. The average Bonchev–Trinajstić information content (AvgIpc) is 2.33. The zero-order chi connectivity index (χ0) is 9.84. The van der Waals surface area contributed by atoms with E-state index in [1.807, 2.05) is 0 Å². The highest BCUT2D eigenvalue weighted by Crippen LogP contribution is 2.03. The number of H-pyrrole nitrogens is 1. The molecule has 0 aliphatic rings. The van der Waals surface area contributed by atoms with E-state index in [9.17, 15) is 9.59 Å². The van der Waals surface area contributed by atoms with Crippen molar-refractivity contribution in [2.75, 3.05) is 5.32 Å². The molecule has 70 valence electrons. The zero-order valence-corrected chi connectivity index (χ0v) is 7.13. The number of nitrogens with one attached hydrogen (secondary N) is 2. The first kappa shape index (κ1) is 9.24. The number of aromatic nitrogens is 2. The standard InChI is InChI=1S/C7H10N4O2/c1-4-2-6(11-10-4)9-7(13)3-5(8)12/h2H,3H2,1H3,(H2,8,12)(H2,9,10,11,13). The van der Waals surface area contributed by atoms with Crippen LogP contribution >= 0.6 is 0 Å². The molecule has 0 aromatic carbocycles. The molecule has 1 heterocycles. The normalized spacial score (nSPS) is 9.62. The number of carbonyl (C=O) groups is 2. The van der Waals surface area contributed by atoms with Gasteiger partial charge in [0, 0.05) is 11.8 Å². The minimum atomic E-state index is -0.662. The molecule has 1 aromatic rings. The summed E-state index contributed by atoms with van der Waals surface area (Å²) in [5.74, 6) is -0.729. The highest BCUT2D eigenvalue weighted by Gasteiger charge is 2.07. The van der Waals surface area contributed by atoms with Gasteiger partial charge in [-0.2, -0.15) is 5.10 Å². The topological polar surface area (TPSA) is 101 Å². The van der Waals surface area contributed by atoms with Gasteiger partial charge in [0.2, 0.25) is 11.8 Å². The molecule has 0 saturated heterocycles. The van der Waals surface area contributed by atoms with E-state index in [1.54, 1.807) is 13.0 Å². The molecule has 0 fully saturated rings. The van der Waals surface area contributed by atoms with Crippen molar-refractivity contribution in [3.63, 3.8) is 0 Å². The van der Waals surface area contributed by atoms with Gasteiger partial charge < -0.3 is 11.1 Å². The Balaban J connectivity index is 2.50. The fourth-order valence-electron chi connectivity index (χ4n) is 0.827.